The number of rotatable bonds is 7. The minimum atomic E-state index is 0.353. The maximum atomic E-state index is 3.89. The van der Waals surface area contributed by atoms with Gasteiger partial charge in [-0.1, -0.05) is 83.2 Å². The van der Waals surface area contributed by atoms with Crippen LogP contribution < -0.4 is 5.32 Å². The van der Waals surface area contributed by atoms with Crippen LogP contribution in [0.5, 0.6) is 0 Å². The van der Waals surface area contributed by atoms with Crippen molar-refractivity contribution in [2.45, 2.75) is 77.2 Å². The lowest BCUT2D eigenvalue weighted by Gasteiger charge is -2.48. The van der Waals surface area contributed by atoms with E-state index in [0.717, 1.165) is 12.5 Å². The highest BCUT2D eigenvalue weighted by Gasteiger charge is 2.43. The molecule has 1 atom stereocenters. The first-order chi connectivity index (χ1) is 10.3. The Kier molecular flexibility index (Phi) is 6.29. The Morgan fingerprint density at radius 3 is 2.10 bits per heavy atom. The van der Waals surface area contributed by atoms with Crippen molar-refractivity contribution >= 4 is 0 Å². The van der Waals surface area contributed by atoms with E-state index in [1.54, 1.807) is 5.56 Å². The van der Waals surface area contributed by atoms with E-state index in [2.05, 4.69) is 56.4 Å². The van der Waals surface area contributed by atoms with Crippen molar-refractivity contribution in [2.75, 3.05) is 6.54 Å². The molecule has 1 heteroatoms. The molecule has 0 amide bonds. The van der Waals surface area contributed by atoms with Crippen LogP contribution in [0.15, 0.2) is 30.3 Å². The highest BCUT2D eigenvalue weighted by atomic mass is 14.9. The van der Waals surface area contributed by atoms with Gasteiger partial charge in [-0.2, -0.15) is 0 Å². The molecule has 21 heavy (non-hydrogen) atoms. The first kappa shape index (κ1) is 16.5. The third kappa shape index (κ3) is 3.51. The fraction of sp³-hybridized carbons (Fsp3) is 0.700. The van der Waals surface area contributed by atoms with E-state index in [-0.39, 0.29) is 0 Å². The molecule has 1 fully saturated rings. The van der Waals surface area contributed by atoms with Crippen molar-refractivity contribution in [2.24, 2.45) is 5.92 Å². The molecule has 2 rings (SSSR count). The summed E-state index contributed by atoms with van der Waals surface area (Å²) in [6.07, 6.45) is 9.45. The standard InChI is InChI=1S/C20H33N/c1-4-17(5-2)19(21-6-3)20(15-11-8-12-16-20)18-13-9-7-10-14-18/h7,9-10,13-14,17,19,21H,4-6,8,11-12,15-16H2,1-3H3. The highest BCUT2D eigenvalue weighted by molar-refractivity contribution is 5.29. The van der Waals surface area contributed by atoms with Gasteiger partial charge in [-0.3, -0.25) is 0 Å². The lowest BCUT2D eigenvalue weighted by Crippen LogP contribution is -2.53. The van der Waals surface area contributed by atoms with E-state index in [9.17, 15) is 0 Å². The molecule has 1 aliphatic rings. The molecule has 0 saturated heterocycles. The molecular formula is C20H33N. The predicted molar refractivity (Wildman–Crippen MR) is 92.7 cm³/mol. The molecular weight excluding hydrogens is 254 g/mol. The van der Waals surface area contributed by atoms with E-state index in [1.165, 1.54) is 44.9 Å². The second-order valence-electron chi connectivity index (χ2n) is 6.69. The molecule has 1 N–H and O–H groups in total. The summed E-state index contributed by atoms with van der Waals surface area (Å²) < 4.78 is 0. The Morgan fingerprint density at radius 2 is 1.57 bits per heavy atom. The van der Waals surface area contributed by atoms with E-state index >= 15 is 0 Å². The molecule has 0 spiro atoms. The third-order valence-corrected chi connectivity index (χ3v) is 5.63. The molecule has 1 saturated carbocycles. The van der Waals surface area contributed by atoms with E-state index in [1.807, 2.05) is 0 Å². The Labute approximate surface area is 131 Å². The molecule has 1 aromatic rings. The summed E-state index contributed by atoms with van der Waals surface area (Å²) >= 11 is 0. The summed E-state index contributed by atoms with van der Waals surface area (Å²) in [6.45, 7) is 8.06. The first-order valence-corrected chi connectivity index (χ1v) is 9.07. The largest absolute Gasteiger partial charge is 0.313 e. The zero-order valence-corrected chi connectivity index (χ0v) is 14.2. The minimum Gasteiger partial charge on any atom is -0.313 e. The molecule has 0 aromatic heterocycles. The molecule has 0 aliphatic heterocycles. The molecule has 1 nitrogen and oxygen atoms in total. The van der Waals surface area contributed by atoms with Crippen LogP contribution in [0.3, 0.4) is 0 Å². The van der Waals surface area contributed by atoms with Gasteiger partial charge in [-0.15, -0.1) is 0 Å². The Balaban J connectivity index is 2.41. The van der Waals surface area contributed by atoms with Crippen LogP contribution in [0.2, 0.25) is 0 Å². The van der Waals surface area contributed by atoms with Crippen LogP contribution in [-0.4, -0.2) is 12.6 Å². The smallest absolute Gasteiger partial charge is 0.0192 e. The normalized spacial score (nSPS) is 19.6. The summed E-state index contributed by atoms with van der Waals surface area (Å²) in [7, 11) is 0. The first-order valence-electron chi connectivity index (χ1n) is 9.07. The van der Waals surface area contributed by atoms with Crippen molar-refractivity contribution in [3.8, 4) is 0 Å². The average Bonchev–Trinajstić information content (AvgIpc) is 2.56. The van der Waals surface area contributed by atoms with Gasteiger partial charge in [0.25, 0.3) is 0 Å². The van der Waals surface area contributed by atoms with Gasteiger partial charge in [0.05, 0.1) is 0 Å². The Hall–Kier alpha value is -0.820. The lowest BCUT2D eigenvalue weighted by atomic mass is 9.61. The SMILES string of the molecule is CCNC(C(CC)CC)C1(c2ccccc2)CCCCC1. The van der Waals surface area contributed by atoms with Crippen molar-refractivity contribution in [3.63, 3.8) is 0 Å². The van der Waals surface area contributed by atoms with Crippen molar-refractivity contribution in [3.05, 3.63) is 35.9 Å². The van der Waals surface area contributed by atoms with Crippen LogP contribution in [0.25, 0.3) is 0 Å². The lowest BCUT2D eigenvalue weighted by molar-refractivity contribution is 0.156. The van der Waals surface area contributed by atoms with Gasteiger partial charge in [0, 0.05) is 11.5 Å². The molecule has 0 bridgehead atoms. The third-order valence-electron chi connectivity index (χ3n) is 5.63. The zero-order chi connectivity index (χ0) is 15.1. The number of likely N-dealkylation sites (N-methyl/N-ethyl adjacent to an activating group) is 1. The quantitative estimate of drug-likeness (QED) is 0.717. The number of nitrogens with one attached hydrogen (secondary N) is 1. The van der Waals surface area contributed by atoms with Crippen LogP contribution >= 0.6 is 0 Å². The van der Waals surface area contributed by atoms with Gasteiger partial charge >= 0.3 is 0 Å². The van der Waals surface area contributed by atoms with Crippen LogP contribution in [0.4, 0.5) is 0 Å². The summed E-state index contributed by atoms with van der Waals surface area (Å²) in [6, 6.07) is 12.0. The Morgan fingerprint density at radius 1 is 0.952 bits per heavy atom. The van der Waals surface area contributed by atoms with Gasteiger partial charge in [0.1, 0.15) is 0 Å². The molecule has 0 radical (unpaired) electrons. The van der Waals surface area contributed by atoms with Crippen molar-refractivity contribution in [1.82, 2.24) is 5.32 Å². The van der Waals surface area contributed by atoms with Gasteiger partial charge in [-0.05, 0) is 30.9 Å². The van der Waals surface area contributed by atoms with Gasteiger partial charge in [0.15, 0.2) is 0 Å². The molecule has 0 heterocycles. The monoisotopic (exact) mass is 287 g/mol. The van der Waals surface area contributed by atoms with Crippen molar-refractivity contribution in [1.29, 1.82) is 0 Å². The second-order valence-corrected chi connectivity index (χ2v) is 6.69. The molecule has 1 aliphatic carbocycles. The summed E-state index contributed by atoms with van der Waals surface area (Å²) in [4.78, 5) is 0. The van der Waals surface area contributed by atoms with Gasteiger partial charge < -0.3 is 5.32 Å². The van der Waals surface area contributed by atoms with Crippen LogP contribution in [-0.2, 0) is 5.41 Å². The van der Waals surface area contributed by atoms with E-state index in [4.69, 9.17) is 0 Å². The van der Waals surface area contributed by atoms with Crippen molar-refractivity contribution < 1.29 is 0 Å². The van der Waals surface area contributed by atoms with Gasteiger partial charge in [0.2, 0.25) is 0 Å². The zero-order valence-electron chi connectivity index (χ0n) is 14.2. The fourth-order valence-electron chi connectivity index (χ4n) is 4.53. The average molecular weight is 287 g/mol. The van der Waals surface area contributed by atoms with Gasteiger partial charge in [-0.25, -0.2) is 0 Å². The predicted octanol–water partition coefficient (Wildman–Crippen LogP) is 5.30. The fourth-order valence-corrected chi connectivity index (χ4v) is 4.53. The number of hydrogen-bond acceptors (Lipinski definition) is 1. The number of hydrogen-bond donors (Lipinski definition) is 1. The van der Waals surface area contributed by atoms with Crippen LogP contribution in [0, 0.1) is 5.92 Å². The minimum absolute atomic E-state index is 0.353. The molecule has 118 valence electrons. The summed E-state index contributed by atoms with van der Waals surface area (Å²) in [5.74, 6) is 0.781. The summed E-state index contributed by atoms with van der Waals surface area (Å²) in [5.41, 5.74) is 1.93. The van der Waals surface area contributed by atoms with E-state index in [0.29, 0.717) is 11.5 Å². The molecule has 1 unspecified atom stereocenters. The highest BCUT2D eigenvalue weighted by Crippen LogP contribution is 2.45. The molecule has 1 aromatic carbocycles. The maximum Gasteiger partial charge on any atom is 0.0192 e. The topological polar surface area (TPSA) is 12.0 Å². The maximum absolute atomic E-state index is 3.89. The van der Waals surface area contributed by atoms with E-state index < -0.39 is 0 Å². The Bertz CT molecular complexity index is 388. The summed E-state index contributed by atoms with van der Waals surface area (Å²) in [5, 5.41) is 3.89. The van der Waals surface area contributed by atoms with Crippen LogP contribution in [0.1, 0.15) is 71.3 Å². The second kappa shape index (κ2) is 7.98. The number of benzene rings is 1.